The molecule has 0 aromatic heterocycles. The molecule has 2 rings (SSSR count). The summed E-state index contributed by atoms with van der Waals surface area (Å²) in [7, 11) is 0. The van der Waals surface area contributed by atoms with E-state index < -0.39 is 5.60 Å². The van der Waals surface area contributed by atoms with Gasteiger partial charge in [0.05, 0.1) is 5.92 Å². The van der Waals surface area contributed by atoms with Gasteiger partial charge in [0.15, 0.2) is 0 Å². The topological polar surface area (TPSA) is 41.6 Å². The SMILES string of the molecule is C[C@@H]1CCC[C@H](C)N1[C@@H]1CNC[C@@H](C(=O)OC(C)(C)C)C1. The van der Waals surface area contributed by atoms with E-state index in [-0.39, 0.29) is 11.9 Å². The number of carbonyl (C=O) groups excluding carboxylic acids is 1. The summed E-state index contributed by atoms with van der Waals surface area (Å²) in [6.45, 7) is 12.2. The summed E-state index contributed by atoms with van der Waals surface area (Å²) in [6.07, 6.45) is 4.81. The molecule has 0 aromatic carbocycles. The number of hydrogen-bond acceptors (Lipinski definition) is 4. The Morgan fingerprint density at radius 3 is 2.33 bits per heavy atom. The van der Waals surface area contributed by atoms with Crippen LogP contribution >= 0.6 is 0 Å². The second kappa shape index (κ2) is 6.66. The van der Waals surface area contributed by atoms with Gasteiger partial charge >= 0.3 is 5.97 Å². The maximum absolute atomic E-state index is 12.3. The molecule has 4 heteroatoms. The molecule has 0 aromatic rings. The molecule has 2 aliphatic rings. The summed E-state index contributed by atoms with van der Waals surface area (Å²) < 4.78 is 5.57. The van der Waals surface area contributed by atoms with Crippen LogP contribution in [0.1, 0.15) is 60.3 Å². The minimum atomic E-state index is -0.393. The number of esters is 1. The molecule has 0 aliphatic carbocycles. The number of ether oxygens (including phenoxy) is 1. The zero-order valence-corrected chi connectivity index (χ0v) is 14.3. The maximum atomic E-state index is 12.3. The van der Waals surface area contributed by atoms with E-state index in [0.717, 1.165) is 19.5 Å². The fourth-order valence-corrected chi connectivity index (χ4v) is 3.87. The Morgan fingerprint density at radius 2 is 1.76 bits per heavy atom. The molecule has 4 atom stereocenters. The highest BCUT2D eigenvalue weighted by Crippen LogP contribution is 2.29. The quantitative estimate of drug-likeness (QED) is 0.795. The zero-order chi connectivity index (χ0) is 15.6. The van der Waals surface area contributed by atoms with E-state index in [0.29, 0.717) is 18.1 Å². The Hall–Kier alpha value is -0.610. The minimum absolute atomic E-state index is 0.00991. The molecule has 0 spiro atoms. The number of nitrogens with one attached hydrogen (secondary N) is 1. The van der Waals surface area contributed by atoms with Gasteiger partial charge in [-0.05, 0) is 53.9 Å². The van der Waals surface area contributed by atoms with Gasteiger partial charge in [-0.15, -0.1) is 0 Å². The first-order chi connectivity index (χ1) is 9.78. The van der Waals surface area contributed by atoms with Crippen molar-refractivity contribution in [1.82, 2.24) is 10.2 Å². The van der Waals surface area contributed by atoms with Crippen molar-refractivity contribution in [2.75, 3.05) is 13.1 Å². The van der Waals surface area contributed by atoms with Crippen molar-refractivity contribution in [3.05, 3.63) is 0 Å². The third kappa shape index (κ3) is 4.43. The lowest BCUT2D eigenvalue weighted by atomic mass is 9.89. The van der Waals surface area contributed by atoms with Gasteiger partial charge in [-0.3, -0.25) is 9.69 Å². The van der Waals surface area contributed by atoms with E-state index >= 15 is 0 Å². The van der Waals surface area contributed by atoms with Crippen molar-refractivity contribution < 1.29 is 9.53 Å². The summed E-state index contributed by atoms with van der Waals surface area (Å²) in [6, 6.07) is 1.71. The highest BCUT2D eigenvalue weighted by Gasteiger charge is 2.37. The van der Waals surface area contributed by atoms with Gasteiger partial charge in [-0.1, -0.05) is 6.42 Å². The van der Waals surface area contributed by atoms with E-state index in [1.54, 1.807) is 0 Å². The molecule has 0 bridgehead atoms. The van der Waals surface area contributed by atoms with E-state index in [1.807, 2.05) is 20.8 Å². The average Bonchev–Trinajstić information content (AvgIpc) is 2.37. The van der Waals surface area contributed by atoms with E-state index in [1.165, 1.54) is 19.3 Å². The van der Waals surface area contributed by atoms with Crippen LogP contribution in [-0.4, -0.2) is 47.7 Å². The smallest absolute Gasteiger partial charge is 0.310 e. The minimum Gasteiger partial charge on any atom is -0.460 e. The molecular weight excluding hydrogens is 264 g/mol. The molecule has 122 valence electrons. The van der Waals surface area contributed by atoms with Crippen LogP contribution in [-0.2, 0) is 9.53 Å². The Bertz CT molecular complexity index is 354. The predicted octanol–water partition coefficient (Wildman–Crippen LogP) is 2.57. The molecule has 2 fully saturated rings. The third-order valence-corrected chi connectivity index (χ3v) is 4.75. The second-order valence-corrected chi connectivity index (χ2v) is 7.85. The van der Waals surface area contributed by atoms with Crippen LogP contribution in [0.2, 0.25) is 0 Å². The second-order valence-electron chi connectivity index (χ2n) is 7.85. The summed E-state index contributed by atoms with van der Waals surface area (Å²) in [5.74, 6) is -0.0543. The first-order valence-electron chi connectivity index (χ1n) is 8.49. The van der Waals surface area contributed by atoms with Crippen molar-refractivity contribution in [2.24, 2.45) is 5.92 Å². The molecule has 4 nitrogen and oxygen atoms in total. The summed E-state index contributed by atoms with van der Waals surface area (Å²) in [5, 5.41) is 3.45. The van der Waals surface area contributed by atoms with Gasteiger partial charge < -0.3 is 10.1 Å². The fraction of sp³-hybridized carbons (Fsp3) is 0.941. The van der Waals surface area contributed by atoms with E-state index in [4.69, 9.17) is 4.74 Å². The van der Waals surface area contributed by atoms with Gasteiger partial charge in [0.2, 0.25) is 0 Å². The maximum Gasteiger partial charge on any atom is 0.310 e. The van der Waals surface area contributed by atoms with Crippen molar-refractivity contribution in [3.63, 3.8) is 0 Å². The van der Waals surface area contributed by atoms with Crippen LogP contribution in [0.3, 0.4) is 0 Å². The fourth-order valence-electron chi connectivity index (χ4n) is 3.87. The van der Waals surface area contributed by atoms with Gasteiger partial charge in [0.1, 0.15) is 5.60 Å². The normalized spacial score (nSPS) is 35.5. The van der Waals surface area contributed by atoms with Crippen LogP contribution in [0, 0.1) is 5.92 Å². The highest BCUT2D eigenvalue weighted by atomic mass is 16.6. The summed E-state index contributed by atoms with van der Waals surface area (Å²) >= 11 is 0. The van der Waals surface area contributed by atoms with Crippen molar-refractivity contribution in [2.45, 2.75) is 84.0 Å². The van der Waals surface area contributed by atoms with Gasteiger partial charge in [-0.2, -0.15) is 0 Å². The Labute approximate surface area is 129 Å². The molecule has 21 heavy (non-hydrogen) atoms. The highest BCUT2D eigenvalue weighted by molar-refractivity contribution is 5.73. The van der Waals surface area contributed by atoms with Crippen molar-refractivity contribution in [1.29, 1.82) is 0 Å². The van der Waals surface area contributed by atoms with Crippen LogP contribution in [0.25, 0.3) is 0 Å². The van der Waals surface area contributed by atoms with E-state index in [2.05, 4.69) is 24.1 Å². The van der Waals surface area contributed by atoms with Gasteiger partial charge in [0, 0.05) is 31.2 Å². The molecule has 0 saturated carbocycles. The van der Waals surface area contributed by atoms with Crippen molar-refractivity contribution >= 4 is 5.97 Å². The molecule has 0 radical (unpaired) electrons. The molecular formula is C17H32N2O2. The Morgan fingerprint density at radius 1 is 1.14 bits per heavy atom. The standard InChI is InChI=1S/C17H32N2O2/c1-12-7-6-8-13(2)19(12)15-9-14(10-18-11-15)16(20)21-17(3,4)5/h12-15,18H,6-11H2,1-5H3/t12-,13+,14-,15-/m0/s1. The lowest BCUT2D eigenvalue weighted by molar-refractivity contribution is -0.161. The van der Waals surface area contributed by atoms with Crippen LogP contribution in [0.4, 0.5) is 0 Å². The number of rotatable bonds is 2. The largest absolute Gasteiger partial charge is 0.460 e. The lowest BCUT2D eigenvalue weighted by Crippen LogP contribution is -2.57. The van der Waals surface area contributed by atoms with Gasteiger partial charge in [0.25, 0.3) is 0 Å². The molecule has 2 saturated heterocycles. The first-order valence-corrected chi connectivity index (χ1v) is 8.49. The molecule has 1 N–H and O–H groups in total. The molecule has 0 amide bonds. The van der Waals surface area contributed by atoms with Gasteiger partial charge in [-0.25, -0.2) is 0 Å². The lowest BCUT2D eigenvalue weighted by Gasteiger charge is -2.46. The predicted molar refractivity (Wildman–Crippen MR) is 85.2 cm³/mol. The number of carbonyl (C=O) groups is 1. The Kier molecular flexibility index (Phi) is 5.31. The summed E-state index contributed by atoms with van der Waals surface area (Å²) in [4.78, 5) is 15.0. The van der Waals surface area contributed by atoms with Crippen LogP contribution in [0.15, 0.2) is 0 Å². The summed E-state index contributed by atoms with van der Waals surface area (Å²) in [5.41, 5.74) is -0.393. The van der Waals surface area contributed by atoms with Crippen LogP contribution < -0.4 is 5.32 Å². The number of hydrogen-bond donors (Lipinski definition) is 1. The average molecular weight is 296 g/mol. The van der Waals surface area contributed by atoms with Crippen LogP contribution in [0.5, 0.6) is 0 Å². The number of piperidine rings is 2. The Balaban J connectivity index is 1.98. The zero-order valence-electron chi connectivity index (χ0n) is 14.3. The molecule has 0 unspecified atom stereocenters. The van der Waals surface area contributed by atoms with E-state index in [9.17, 15) is 4.79 Å². The van der Waals surface area contributed by atoms with Crippen molar-refractivity contribution in [3.8, 4) is 0 Å². The first kappa shape index (κ1) is 16.8. The molecule has 2 heterocycles. The number of nitrogens with zero attached hydrogens (tertiary/aromatic N) is 1. The number of likely N-dealkylation sites (tertiary alicyclic amines) is 1. The third-order valence-electron chi connectivity index (χ3n) is 4.75. The molecule has 2 aliphatic heterocycles. The monoisotopic (exact) mass is 296 g/mol.